The van der Waals surface area contributed by atoms with Crippen molar-refractivity contribution in [3.8, 4) is 5.75 Å². The van der Waals surface area contributed by atoms with Gasteiger partial charge in [-0.15, -0.1) is 0 Å². The highest BCUT2D eigenvalue weighted by atomic mass is 35.5. The van der Waals surface area contributed by atoms with E-state index in [1.165, 1.54) is 11.4 Å². The molecule has 0 saturated carbocycles. The van der Waals surface area contributed by atoms with Crippen molar-refractivity contribution in [2.24, 2.45) is 0 Å². The van der Waals surface area contributed by atoms with Gasteiger partial charge in [0.15, 0.2) is 0 Å². The standard InChI is InChI=1S/C19H20ClN5O4S2/c1-29-16-6-5-13(20)11-15(16)21-18(26)12-24-7-9-25(10-8-24)31(27,28)17-4-2-3-14-19(17)23-30-22-14/h2-6,11H,7-10,12H2,1H3,(H,21,26). The van der Waals surface area contributed by atoms with Crippen molar-refractivity contribution in [2.75, 3.05) is 45.2 Å². The smallest absolute Gasteiger partial charge is 0.245 e. The molecular formula is C19H20ClN5O4S2. The van der Waals surface area contributed by atoms with Gasteiger partial charge in [-0.2, -0.15) is 13.1 Å². The Morgan fingerprint density at radius 2 is 1.97 bits per heavy atom. The fraction of sp³-hybridized carbons (Fsp3) is 0.316. The van der Waals surface area contributed by atoms with Crippen molar-refractivity contribution in [2.45, 2.75) is 4.90 Å². The topological polar surface area (TPSA) is 105 Å². The Morgan fingerprint density at radius 3 is 2.71 bits per heavy atom. The predicted molar refractivity (Wildman–Crippen MR) is 119 cm³/mol. The molecule has 1 aromatic heterocycles. The van der Waals surface area contributed by atoms with Crippen LogP contribution >= 0.6 is 23.3 Å². The molecule has 1 fully saturated rings. The molecule has 1 N–H and O–H groups in total. The van der Waals surface area contributed by atoms with Crippen LogP contribution in [-0.2, 0) is 14.8 Å². The minimum Gasteiger partial charge on any atom is -0.495 e. The summed E-state index contributed by atoms with van der Waals surface area (Å²) >= 11 is 6.99. The Labute approximate surface area is 188 Å². The number of carbonyl (C=O) groups excluding carboxylic acids is 1. The van der Waals surface area contributed by atoms with Crippen LogP contribution in [0, 0.1) is 0 Å². The Morgan fingerprint density at radius 1 is 1.19 bits per heavy atom. The fourth-order valence-electron chi connectivity index (χ4n) is 3.43. The largest absolute Gasteiger partial charge is 0.495 e. The average molecular weight is 482 g/mol. The predicted octanol–water partition coefficient (Wildman–Crippen LogP) is 2.30. The number of amides is 1. The number of nitrogens with one attached hydrogen (secondary N) is 1. The first kappa shape index (κ1) is 21.9. The normalized spacial score (nSPS) is 15.8. The van der Waals surface area contributed by atoms with Crippen LogP contribution in [0.4, 0.5) is 5.69 Å². The summed E-state index contributed by atoms with van der Waals surface area (Å²) in [6, 6.07) is 9.94. The summed E-state index contributed by atoms with van der Waals surface area (Å²) in [5.74, 6) is 0.287. The number of sulfonamides is 1. The molecule has 0 spiro atoms. The first-order valence-electron chi connectivity index (χ1n) is 9.45. The summed E-state index contributed by atoms with van der Waals surface area (Å²) in [7, 11) is -2.18. The number of fused-ring (bicyclic) bond motifs is 1. The molecule has 1 aliphatic heterocycles. The highest BCUT2D eigenvalue weighted by Crippen LogP contribution is 2.28. The second kappa shape index (κ2) is 9.05. The number of nitrogens with zero attached hydrogens (tertiary/aromatic N) is 4. The lowest BCUT2D eigenvalue weighted by Crippen LogP contribution is -2.50. The molecule has 31 heavy (non-hydrogen) atoms. The third-order valence-corrected chi connectivity index (χ3v) is 7.71. The quantitative estimate of drug-likeness (QED) is 0.576. The Hall–Kier alpha value is -2.31. The summed E-state index contributed by atoms with van der Waals surface area (Å²) in [4.78, 5) is 14.6. The SMILES string of the molecule is COc1ccc(Cl)cc1NC(=O)CN1CCN(S(=O)(=O)c2cccc3nsnc23)CC1. The highest BCUT2D eigenvalue weighted by molar-refractivity contribution is 7.89. The third kappa shape index (κ3) is 4.65. The van der Waals surface area contributed by atoms with Crippen molar-refractivity contribution in [3.05, 3.63) is 41.4 Å². The molecule has 0 aliphatic carbocycles. The van der Waals surface area contributed by atoms with E-state index in [1.807, 2.05) is 4.90 Å². The summed E-state index contributed by atoms with van der Waals surface area (Å²) in [6.07, 6.45) is 0. The molecule has 1 saturated heterocycles. The van der Waals surface area contributed by atoms with Gasteiger partial charge < -0.3 is 10.1 Å². The summed E-state index contributed by atoms with van der Waals surface area (Å²) < 4.78 is 41.1. The molecule has 1 amide bonds. The van der Waals surface area contributed by atoms with E-state index in [1.54, 1.807) is 36.4 Å². The van der Waals surface area contributed by atoms with Crippen molar-refractivity contribution >= 4 is 56.0 Å². The Bertz CT molecular complexity index is 1210. The van der Waals surface area contributed by atoms with E-state index >= 15 is 0 Å². The molecule has 0 radical (unpaired) electrons. The molecule has 0 unspecified atom stereocenters. The maximum Gasteiger partial charge on any atom is 0.245 e. The second-order valence-corrected chi connectivity index (χ2v) is 9.83. The molecule has 2 aromatic carbocycles. The van der Waals surface area contributed by atoms with Crippen LogP contribution in [-0.4, -0.2) is 72.1 Å². The summed E-state index contributed by atoms with van der Waals surface area (Å²) in [5.41, 5.74) is 1.45. The lowest BCUT2D eigenvalue weighted by atomic mass is 10.3. The van der Waals surface area contributed by atoms with E-state index in [9.17, 15) is 13.2 Å². The van der Waals surface area contributed by atoms with Gasteiger partial charge in [-0.25, -0.2) is 8.42 Å². The molecule has 9 nitrogen and oxygen atoms in total. The lowest BCUT2D eigenvalue weighted by Gasteiger charge is -2.33. The zero-order chi connectivity index (χ0) is 22.0. The lowest BCUT2D eigenvalue weighted by molar-refractivity contribution is -0.117. The number of hydrogen-bond acceptors (Lipinski definition) is 8. The highest BCUT2D eigenvalue weighted by Gasteiger charge is 2.31. The minimum absolute atomic E-state index is 0.134. The van der Waals surface area contributed by atoms with Gasteiger partial charge in [0.2, 0.25) is 15.9 Å². The molecule has 12 heteroatoms. The minimum atomic E-state index is -3.69. The van der Waals surface area contributed by atoms with Crippen LogP contribution in [0.15, 0.2) is 41.3 Å². The molecule has 2 heterocycles. The molecular weight excluding hydrogens is 462 g/mol. The number of hydrogen-bond donors (Lipinski definition) is 1. The van der Waals surface area contributed by atoms with Crippen molar-refractivity contribution in [3.63, 3.8) is 0 Å². The van der Waals surface area contributed by atoms with Crippen LogP contribution in [0.25, 0.3) is 11.0 Å². The van der Waals surface area contributed by atoms with E-state index in [0.717, 1.165) is 11.7 Å². The number of halogens is 1. The third-order valence-electron chi connectivity index (χ3n) is 5.00. The van der Waals surface area contributed by atoms with Gasteiger partial charge in [0, 0.05) is 31.2 Å². The first-order valence-corrected chi connectivity index (χ1v) is 12.0. The van der Waals surface area contributed by atoms with Crippen LogP contribution in [0.1, 0.15) is 0 Å². The number of aromatic nitrogens is 2. The van der Waals surface area contributed by atoms with Gasteiger partial charge >= 0.3 is 0 Å². The number of anilines is 1. The maximum absolute atomic E-state index is 13.1. The second-order valence-electron chi connectivity index (χ2n) is 6.96. The maximum atomic E-state index is 13.1. The Kier molecular flexibility index (Phi) is 6.39. The number of ether oxygens (including phenoxy) is 1. The number of piperazine rings is 1. The van der Waals surface area contributed by atoms with Gasteiger partial charge in [0.05, 0.1) is 31.1 Å². The van der Waals surface area contributed by atoms with Crippen molar-refractivity contribution < 1.29 is 17.9 Å². The fourth-order valence-corrected chi connectivity index (χ4v) is 5.77. The molecule has 0 atom stereocenters. The molecule has 4 rings (SSSR count). The summed E-state index contributed by atoms with van der Waals surface area (Å²) in [6.45, 7) is 1.57. The van der Waals surface area contributed by atoms with Crippen LogP contribution in [0.5, 0.6) is 5.75 Å². The van der Waals surface area contributed by atoms with Gasteiger partial charge in [0.1, 0.15) is 21.7 Å². The Balaban J connectivity index is 1.38. The van der Waals surface area contributed by atoms with Gasteiger partial charge in [0.25, 0.3) is 0 Å². The monoisotopic (exact) mass is 481 g/mol. The average Bonchev–Trinajstić information content (AvgIpc) is 3.23. The van der Waals surface area contributed by atoms with E-state index < -0.39 is 10.0 Å². The molecule has 164 valence electrons. The molecule has 1 aliphatic rings. The zero-order valence-corrected chi connectivity index (χ0v) is 19.0. The first-order chi connectivity index (χ1) is 14.9. The zero-order valence-electron chi connectivity index (χ0n) is 16.6. The van der Waals surface area contributed by atoms with Gasteiger partial charge in [-0.3, -0.25) is 9.69 Å². The number of methoxy groups -OCH3 is 1. The van der Waals surface area contributed by atoms with E-state index in [4.69, 9.17) is 16.3 Å². The van der Waals surface area contributed by atoms with Crippen LogP contribution in [0.2, 0.25) is 5.02 Å². The van der Waals surface area contributed by atoms with E-state index in [2.05, 4.69) is 14.1 Å². The van der Waals surface area contributed by atoms with E-state index in [0.29, 0.717) is 40.6 Å². The number of rotatable bonds is 6. The van der Waals surface area contributed by atoms with E-state index in [-0.39, 0.29) is 30.4 Å². The summed E-state index contributed by atoms with van der Waals surface area (Å²) in [5, 5.41) is 3.28. The van der Waals surface area contributed by atoms with Crippen LogP contribution < -0.4 is 10.1 Å². The van der Waals surface area contributed by atoms with Gasteiger partial charge in [-0.1, -0.05) is 17.7 Å². The van der Waals surface area contributed by atoms with Crippen molar-refractivity contribution in [1.29, 1.82) is 0 Å². The number of carbonyl (C=O) groups is 1. The van der Waals surface area contributed by atoms with Crippen LogP contribution in [0.3, 0.4) is 0 Å². The molecule has 0 bridgehead atoms. The van der Waals surface area contributed by atoms with Gasteiger partial charge in [-0.05, 0) is 30.3 Å². The van der Waals surface area contributed by atoms with Crippen molar-refractivity contribution in [1.82, 2.24) is 18.0 Å². The number of benzene rings is 2. The molecule has 3 aromatic rings.